The number of nitrogens with zero attached hydrogens (tertiary/aromatic N) is 9. The summed E-state index contributed by atoms with van der Waals surface area (Å²) in [4.78, 5) is 44.8. The molecule has 2 aliphatic heterocycles. The molecule has 362 valence electrons. The first-order chi connectivity index (χ1) is 33.5. The van der Waals surface area contributed by atoms with Gasteiger partial charge in [0, 0.05) is 51.8 Å². The van der Waals surface area contributed by atoms with E-state index in [1.54, 1.807) is 17.4 Å². The monoisotopic (exact) mass is 979 g/mol. The van der Waals surface area contributed by atoms with E-state index < -0.39 is 17.2 Å². The lowest BCUT2D eigenvalue weighted by Crippen LogP contribution is -2.45. The maximum absolute atomic E-state index is 13.9. The van der Waals surface area contributed by atoms with Gasteiger partial charge in [-0.1, -0.05) is 48.0 Å². The number of halogens is 1. The van der Waals surface area contributed by atoms with Gasteiger partial charge in [0.2, 0.25) is 11.8 Å². The van der Waals surface area contributed by atoms with Crippen molar-refractivity contribution >= 4 is 57.3 Å². The first kappa shape index (κ1) is 48.3. The minimum Gasteiger partial charge on any atom is -0.457 e. The van der Waals surface area contributed by atoms with Gasteiger partial charge in [0.05, 0.1) is 29.2 Å². The largest absolute Gasteiger partial charge is 0.457 e. The zero-order valence-electron chi connectivity index (χ0n) is 40.6. The summed E-state index contributed by atoms with van der Waals surface area (Å²) in [5.74, 6) is 2.93. The third kappa shape index (κ3) is 10.4. The van der Waals surface area contributed by atoms with Gasteiger partial charge >= 0.3 is 0 Å². The highest BCUT2D eigenvalue weighted by Crippen LogP contribution is 2.40. The molecule has 17 heteroatoms. The van der Waals surface area contributed by atoms with Crippen LogP contribution < -0.4 is 15.8 Å². The van der Waals surface area contributed by atoms with E-state index in [9.17, 15) is 9.59 Å². The molecule has 2 atom stereocenters. The van der Waals surface area contributed by atoms with Crippen LogP contribution in [0, 0.1) is 20.8 Å². The maximum Gasteiger partial charge on any atom is 0.246 e. The molecule has 1 fully saturated rings. The Hall–Kier alpha value is -6.75. The van der Waals surface area contributed by atoms with Gasteiger partial charge in [0.1, 0.15) is 46.2 Å². The van der Waals surface area contributed by atoms with Gasteiger partial charge in [0.25, 0.3) is 0 Å². The van der Waals surface area contributed by atoms with Crippen molar-refractivity contribution < 1.29 is 19.1 Å². The number of ether oxygens (including phenoxy) is 2. The number of anilines is 1. The lowest BCUT2D eigenvalue weighted by Gasteiger charge is -2.32. The quantitative estimate of drug-likeness (QED) is 0.0939. The predicted molar refractivity (Wildman–Crippen MR) is 275 cm³/mol. The Labute approximate surface area is 416 Å². The summed E-state index contributed by atoms with van der Waals surface area (Å²) in [6.07, 6.45) is 7.77. The van der Waals surface area contributed by atoms with Gasteiger partial charge in [-0.25, -0.2) is 14.6 Å². The van der Waals surface area contributed by atoms with E-state index >= 15 is 0 Å². The number of rotatable bonds is 15. The zero-order chi connectivity index (χ0) is 49.3. The number of nitrogens with one attached hydrogen (secondary N) is 1. The molecule has 0 radical (unpaired) electrons. The third-order valence-corrected chi connectivity index (χ3v) is 14.4. The van der Waals surface area contributed by atoms with Crippen LogP contribution in [0.4, 0.5) is 5.82 Å². The Morgan fingerprint density at radius 1 is 0.943 bits per heavy atom. The zero-order valence-corrected chi connectivity index (χ0v) is 42.1. The predicted octanol–water partition coefficient (Wildman–Crippen LogP) is 10.3. The molecule has 70 heavy (non-hydrogen) atoms. The maximum atomic E-state index is 13.9. The molecule has 7 aromatic rings. The number of thiophene rings is 1. The van der Waals surface area contributed by atoms with Crippen LogP contribution in [0.25, 0.3) is 27.3 Å². The molecule has 4 aromatic heterocycles. The smallest absolute Gasteiger partial charge is 0.246 e. The van der Waals surface area contributed by atoms with Crippen LogP contribution in [0.1, 0.15) is 105 Å². The summed E-state index contributed by atoms with van der Waals surface area (Å²) < 4.78 is 16.3. The van der Waals surface area contributed by atoms with E-state index in [0.29, 0.717) is 71.7 Å². The minimum absolute atomic E-state index is 0.0725. The number of likely N-dealkylation sites (tertiary alicyclic amines) is 1. The van der Waals surface area contributed by atoms with Crippen molar-refractivity contribution in [3.8, 4) is 27.8 Å². The van der Waals surface area contributed by atoms with Gasteiger partial charge in [-0.3, -0.25) is 19.1 Å². The molecule has 2 amide bonds. The standard InChI is InChI=1S/C53H58ClN11O4S/c1-32-33(2)70-51-44(32)46(35-17-21-37(54)22-18-35)58-41(49-61-60-34(3)64(49)51)29-42(66)59-52(4,5)26-28-68-53(6,7)25-11-16-43(67)63-27-12-13-38(30-63)65-50-45(48(55)56-31-57-50)47(62-65)36-19-23-40(24-20-36)69-39-14-9-8-10-15-39/h8-11,14-24,31,38,41H,12-13,25-30H2,1-7H3,(H,59,66)(H2,55,56,57)/b16-11+/t38-,41+/m1/s1. The van der Waals surface area contributed by atoms with Crippen LogP contribution in [0.3, 0.4) is 0 Å². The number of hydrogen-bond acceptors (Lipinski definition) is 12. The van der Waals surface area contributed by atoms with E-state index in [4.69, 9.17) is 36.9 Å². The number of carbonyl (C=O) groups excluding carboxylic acids is 2. The van der Waals surface area contributed by atoms with E-state index in [2.05, 4.69) is 39.3 Å². The van der Waals surface area contributed by atoms with Crippen molar-refractivity contribution in [1.29, 1.82) is 0 Å². The number of nitrogen functional groups attached to an aromatic ring is 1. The molecule has 0 unspecified atom stereocenters. The first-order valence-electron chi connectivity index (χ1n) is 23.6. The fourth-order valence-corrected chi connectivity index (χ4v) is 10.4. The molecule has 0 aliphatic carbocycles. The number of para-hydroxylation sites is 1. The van der Waals surface area contributed by atoms with E-state index in [-0.39, 0.29) is 24.3 Å². The summed E-state index contributed by atoms with van der Waals surface area (Å²) in [5, 5.41) is 19.6. The van der Waals surface area contributed by atoms with E-state index in [1.165, 1.54) is 11.2 Å². The van der Waals surface area contributed by atoms with Crippen molar-refractivity contribution in [1.82, 2.24) is 44.7 Å². The lowest BCUT2D eigenvalue weighted by molar-refractivity contribution is -0.127. The second-order valence-corrected chi connectivity index (χ2v) is 20.9. The topological polar surface area (TPSA) is 181 Å². The van der Waals surface area contributed by atoms with Gasteiger partial charge in [-0.2, -0.15) is 5.10 Å². The number of aliphatic imine (C=N–C) groups is 1. The molecule has 6 heterocycles. The number of amides is 2. The summed E-state index contributed by atoms with van der Waals surface area (Å²) in [7, 11) is 0. The van der Waals surface area contributed by atoms with Crippen molar-refractivity contribution in [2.24, 2.45) is 4.99 Å². The van der Waals surface area contributed by atoms with Crippen molar-refractivity contribution in [3.63, 3.8) is 0 Å². The van der Waals surface area contributed by atoms with E-state index in [0.717, 1.165) is 57.4 Å². The van der Waals surface area contributed by atoms with E-state index in [1.807, 2.05) is 134 Å². The number of fused-ring (bicyclic) bond motifs is 4. The van der Waals surface area contributed by atoms with Crippen LogP contribution in [0.2, 0.25) is 5.02 Å². The second-order valence-electron chi connectivity index (χ2n) is 19.3. The van der Waals surface area contributed by atoms with Crippen LogP contribution in [-0.2, 0) is 14.3 Å². The average molecular weight is 981 g/mol. The highest BCUT2D eigenvalue weighted by molar-refractivity contribution is 7.15. The van der Waals surface area contributed by atoms with Gasteiger partial charge in [-0.15, -0.1) is 21.5 Å². The molecule has 3 aromatic carbocycles. The number of hydrogen-bond donors (Lipinski definition) is 2. The SMILES string of the molecule is Cc1sc2c(c1C)C(c1ccc(Cl)cc1)=N[C@@H](CC(=O)NC(C)(C)CCOC(C)(C)C/C=C/C(=O)N1CCC[C@@H](n3nc(-c4ccc(Oc5ccccc5)cc4)c4c(N)ncnc43)C1)c1nnc(C)n1-2. The highest BCUT2D eigenvalue weighted by Gasteiger charge is 2.34. The number of aryl methyl sites for hydroxylation is 2. The second kappa shape index (κ2) is 19.9. The van der Waals surface area contributed by atoms with Crippen LogP contribution >= 0.6 is 22.9 Å². The normalized spacial score (nSPS) is 16.2. The van der Waals surface area contributed by atoms with Crippen LogP contribution in [-0.4, -0.2) is 87.8 Å². The Bertz CT molecular complexity index is 3100. The molecule has 3 N–H and O–H groups in total. The molecule has 0 bridgehead atoms. The van der Waals surface area contributed by atoms with Gasteiger partial charge < -0.3 is 25.4 Å². The Morgan fingerprint density at radius 2 is 1.67 bits per heavy atom. The summed E-state index contributed by atoms with van der Waals surface area (Å²) >= 11 is 7.97. The first-order valence-corrected chi connectivity index (χ1v) is 24.8. The fourth-order valence-electron chi connectivity index (χ4n) is 9.10. The lowest BCUT2D eigenvalue weighted by atomic mass is 9.99. The fraction of sp³-hybridized carbons (Fsp3) is 0.358. The number of carbonyl (C=O) groups is 2. The number of aromatic nitrogens is 7. The van der Waals surface area contributed by atoms with Crippen molar-refractivity contribution in [2.45, 2.75) is 104 Å². The van der Waals surface area contributed by atoms with Crippen LogP contribution in [0.15, 0.2) is 102 Å². The van der Waals surface area contributed by atoms with Gasteiger partial charge in [-0.05, 0) is 134 Å². The van der Waals surface area contributed by atoms with Gasteiger partial charge in [0.15, 0.2) is 11.5 Å². The summed E-state index contributed by atoms with van der Waals surface area (Å²) in [6, 6.07) is 24.3. The molecule has 15 nitrogen and oxygen atoms in total. The Balaban J connectivity index is 0.798. The molecule has 9 rings (SSSR count). The Morgan fingerprint density at radius 3 is 2.43 bits per heavy atom. The van der Waals surface area contributed by atoms with Crippen LogP contribution in [0.5, 0.6) is 11.5 Å². The Kier molecular flexibility index (Phi) is 13.7. The number of benzene rings is 3. The molecule has 2 aliphatic rings. The number of piperidine rings is 1. The summed E-state index contributed by atoms with van der Waals surface area (Å²) in [5.41, 5.74) is 11.3. The molecular formula is C53H58ClN11O4S. The third-order valence-electron chi connectivity index (χ3n) is 13.0. The number of nitrogens with two attached hydrogens (primary N) is 1. The molecule has 0 spiro atoms. The summed E-state index contributed by atoms with van der Waals surface area (Å²) in [6.45, 7) is 15.6. The molecule has 1 saturated heterocycles. The highest BCUT2D eigenvalue weighted by atomic mass is 35.5. The van der Waals surface area contributed by atoms with Crippen molar-refractivity contribution in [2.75, 3.05) is 25.4 Å². The average Bonchev–Trinajstić information content (AvgIpc) is 3.98. The molecule has 0 saturated carbocycles. The minimum atomic E-state index is -0.590. The molecular weight excluding hydrogens is 922 g/mol. The van der Waals surface area contributed by atoms with Crippen molar-refractivity contribution in [3.05, 3.63) is 136 Å².